The van der Waals surface area contributed by atoms with Gasteiger partial charge in [-0.25, -0.2) is 9.78 Å². The van der Waals surface area contributed by atoms with E-state index in [-0.39, 0.29) is 5.97 Å². The third-order valence-corrected chi connectivity index (χ3v) is 6.26. The molecule has 0 radical (unpaired) electrons. The van der Waals surface area contributed by atoms with Crippen LogP contribution < -0.4 is 0 Å². The first-order chi connectivity index (χ1) is 13.6. The van der Waals surface area contributed by atoms with Crippen molar-refractivity contribution in [3.8, 4) is 16.6 Å². The molecule has 1 saturated heterocycles. The third-order valence-electron chi connectivity index (χ3n) is 5.07. The number of H-pyrrole nitrogens is 1. The molecule has 0 saturated carbocycles. The number of esters is 1. The highest BCUT2D eigenvalue weighted by Gasteiger charge is 2.23. The van der Waals surface area contributed by atoms with E-state index < -0.39 is 0 Å². The molecule has 0 unspecified atom stereocenters. The Morgan fingerprint density at radius 1 is 1.43 bits per heavy atom. The van der Waals surface area contributed by atoms with Crippen molar-refractivity contribution < 1.29 is 14.3 Å². The summed E-state index contributed by atoms with van der Waals surface area (Å²) in [6.45, 7) is 5.39. The number of hydrogen-bond acceptors (Lipinski definition) is 6. The second kappa shape index (κ2) is 7.74. The van der Waals surface area contributed by atoms with E-state index in [2.05, 4.69) is 16.0 Å². The van der Waals surface area contributed by atoms with Gasteiger partial charge in [0.05, 0.1) is 17.9 Å². The van der Waals surface area contributed by atoms with Crippen LogP contribution in [0.15, 0.2) is 18.2 Å². The van der Waals surface area contributed by atoms with E-state index in [1.807, 2.05) is 25.1 Å². The predicted molar refractivity (Wildman–Crippen MR) is 108 cm³/mol. The van der Waals surface area contributed by atoms with E-state index in [0.717, 1.165) is 53.2 Å². The number of nitrogens with zero attached hydrogens (tertiary/aromatic N) is 2. The molecule has 1 fully saturated rings. The number of hydrogen-bond donors (Lipinski definition) is 1. The molecular weight excluding hydrogens is 374 g/mol. The second-order valence-electron chi connectivity index (χ2n) is 6.83. The lowest BCUT2D eigenvalue weighted by Crippen LogP contribution is -2.15. The van der Waals surface area contributed by atoms with Gasteiger partial charge in [0.15, 0.2) is 0 Å². The minimum absolute atomic E-state index is 0.316. The number of thiazole rings is 1. The van der Waals surface area contributed by atoms with Crippen molar-refractivity contribution in [3.05, 3.63) is 40.0 Å². The molecule has 1 aliphatic heterocycles. The van der Waals surface area contributed by atoms with E-state index >= 15 is 0 Å². The van der Waals surface area contributed by atoms with Crippen LogP contribution in [0.2, 0.25) is 0 Å². The number of benzene rings is 1. The molecule has 4 rings (SSSR count). The quantitative estimate of drug-likeness (QED) is 0.655. The standard InChI is InChI=1S/C21H21N3O3S/c1-3-27-21(25)19-12(2)23-20(28-19)14-4-5-17-15(10-14)16(11-22)18(24-17)13-6-8-26-9-7-13/h4-5,10,13,24H,3,6-9H2,1-2H3. The molecule has 0 spiro atoms. The summed E-state index contributed by atoms with van der Waals surface area (Å²) in [7, 11) is 0. The fourth-order valence-corrected chi connectivity index (χ4v) is 4.62. The first kappa shape index (κ1) is 18.7. The Bertz CT molecular complexity index is 1070. The fourth-order valence-electron chi connectivity index (χ4n) is 3.66. The molecule has 3 aromatic rings. The monoisotopic (exact) mass is 395 g/mol. The average Bonchev–Trinajstić information content (AvgIpc) is 3.28. The number of aryl methyl sites for hydroxylation is 1. The van der Waals surface area contributed by atoms with Gasteiger partial charge in [-0.2, -0.15) is 5.26 Å². The number of nitriles is 1. The first-order valence-electron chi connectivity index (χ1n) is 9.40. The molecule has 28 heavy (non-hydrogen) atoms. The molecule has 0 aliphatic carbocycles. The van der Waals surface area contributed by atoms with E-state index in [1.54, 1.807) is 6.92 Å². The lowest BCUT2D eigenvalue weighted by molar-refractivity contribution is 0.0531. The molecule has 0 amide bonds. The number of fused-ring (bicyclic) bond motifs is 1. The number of carbonyl (C=O) groups excluding carboxylic acids is 1. The first-order valence-corrected chi connectivity index (χ1v) is 10.2. The minimum atomic E-state index is -0.342. The number of aromatic amines is 1. The van der Waals surface area contributed by atoms with Gasteiger partial charge < -0.3 is 14.5 Å². The summed E-state index contributed by atoms with van der Waals surface area (Å²) in [5, 5.41) is 11.4. The summed E-state index contributed by atoms with van der Waals surface area (Å²) >= 11 is 1.32. The van der Waals surface area contributed by atoms with Crippen LogP contribution in [0.1, 0.15) is 52.3 Å². The van der Waals surface area contributed by atoms with Crippen LogP contribution in [-0.4, -0.2) is 35.8 Å². The second-order valence-corrected chi connectivity index (χ2v) is 7.83. The maximum atomic E-state index is 12.1. The highest BCUT2D eigenvalue weighted by atomic mass is 32.1. The maximum Gasteiger partial charge on any atom is 0.350 e. The Morgan fingerprint density at radius 3 is 2.93 bits per heavy atom. The van der Waals surface area contributed by atoms with Gasteiger partial charge in [0.1, 0.15) is 16.0 Å². The van der Waals surface area contributed by atoms with E-state index in [0.29, 0.717) is 28.7 Å². The van der Waals surface area contributed by atoms with E-state index in [1.165, 1.54) is 11.3 Å². The highest BCUT2D eigenvalue weighted by molar-refractivity contribution is 7.17. The van der Waals surface area contributed by atoms with Gasteiger partial charge >= 0.3 is 5.97 Å². The molecule has 3 heterocycles. The molecule has 144 valence electrons. The van der Waals surface area contributed by atoms with Crippen molar-refractivity contribution in [2.45, 2.75) is 32.6 Å². The van der Waals surface area contributed by atoms with Crippen LogP contribution in [0.25, 0.3) is 21.5 Å². The van der Waals surface area contributed by atoms with Crippen LogP contribution in [-0.2, 0) is 9.47 Å². The largest absolute Gasteiger partial charge is 0.462 e. The molecule has 0 atom stereocenters. The van der Waals surface area contributed by atoms with E-state index in [4.69, 9.17) is 9.47 Å². The van der Waals surface area contributed by atoms with Gasteiger partial charge in [-0.1, -0.05) is 0 Å². The van der Waals surface area contributed by atoms with Crippen molar-refractivity contribution >= 4 is 28.2 Å². The number of rotatable bonds is 4. The van der Waals surface area contributed by atoms with Gasteiger partial charge in [-0.05, 0) is 44.9 Å². The molecule has 0 bridgehead atoms. The van der Waals surface area contributed by atoms with Gasteiger partial charge in [0.25, 0.3) is 0 Å². The zero-order chi connectivity index (χ0) is 19.7. The van der Waals surface area contributed by atoms with Crippen molar-refractivity contribution in [2.75, 3.05) is 19.8 Å². The highest BCUT2D eigenvalue weighted by Crippen LogP contribution is 2.36. The maximum absolute atomic E-state index is 12.1. The molecule has 2 aromatic heterocycles. The summed E-state index contributed by atoms with van der Waals surface area (Å²) in [4.78, 5) is 20.6. The summed E-state index contributed by atoms with van der Waals surface area (Å²) in [6, 6.07) is 8.32. The molecule has 7 heteroatoms. The van der Waals surface area contributed by atoms with Crippen molar-refractivity contribution in [3.63, 3.8) is 0 Å². The summed E-state index contributed by atoms with van der Waals surface area (Å²) in [5.41, 5.74) is 4.20. The molecular formula is C21H21N3O3S. The Morgan fingerprint density at radius 2 is 2.21 bits per heavy atom. The zero-order valence-electron chi connectivity index (χ0n) is 15.9. The van der Waals surface area contributed by atoms with Crippen LogP contribution in [0.3, 0.4) is 0 Å². The van der Waals surface area contributed by atoms with Crippen LogP contribution >= 0.6 is 11.3 Å². The number of carbonyl (C=O) groups is 1. The molecule has 1 aliphatic rings. The van der Waals surface area contributed by atoms with Gasteiger partial charge in [-0.15, -0.1) is 11.3 Å². The topological polar surface area (TPSA) is 88.0 Å². The number of ether oxygens (including phenoxy) is 2. The van der Waals surface area contributed by atoms with Crippen molar-refractivity contribution in [2.24, 2.45) is 0 Å². The normalized spacial score (nSPS) is 14.9. The molecule has 1 aromatic carbocycles. The minimum Gasteiger partial charge on any atom is -0.462 e. The zero-order valence-corrected chi connectivity index (χ0v) is 16.7. The van der Waals surface area contributed by atoms with Gasteiger partial charge in [0.2, 0.25) is 0 Å². The fraction of sp³-hybridized carbons (Fsp3) is 0.381. The summed E-state index contributed by atoms with van der Waals surface area (Å²) < 4.78 is 10.6. The van der Waals surface area contributed by atoms with Crippen LogP contribution in [0, 0.1) is 18.3 Å². The molecule has 6 nitrogen and oxygen atoms in total. The SMILES string of the molecule is CCOC(=O)c1sc(-c2ccc3[nH]c(C4CCOCC4)c(C#N)c3c2)nc1C. The van der Waals surface area contributed by atoms with Crippen LogP contribution in [0.4, 0.5) is 0 Å². The van der Waals surface area contributed by atoms with Gasteiger partial charge in [0, 0.05) is 41.3 Å². The Labute approximate surface area is 167 Å². The number of nitrogens with one attached hydrogen (secondary N) is 1. The lowest BCUT2D eigenvalue weighted by Gasteiger charge is -2.21. The van der Waals surface area contributed by atoms with E-state index in [9.17, 15) is 10.1 Å². The summed E-state index contributed by atoms with van der Waals surface area (Å²) in [6.07, 6.45) is 1.84. The van der Waals surface area contributed by atoms with Crippen molar-refractivity contribution in [1.82, 2.24) is 9.97 Å². The Balaban J connectivity index is 1.75. The Kier molecular flexibility index (Phi) is 5.16. The van der Waals surface area contributed by atoms with Crippen LogP contribution in [0.5, 0.6) is 0 Å². The van der Waals surface area contributed by atoms with Crippen molar-refractivity contribution in [1.29, 1.82) is 5.26 Å². The van der Waals surface area contributed by atoms with Gasteiger partial charge in [-0.3, -0.25) is 0 Å². The smallest absolute Gasteiger partial charge is 0.350 e. The average molecular weight is 395 g/mol. The predicted octanol–water partition coefficient (Wildman–Crippen LogP) is 4.54. The summed E-state index contributed by atoms with van der Waals surface area (Å²) in [5.74, 6) is -0.0252. The molecule has 1 N–H and O–H groups in total. The Hall–Kier alpha value is -2.69. The lowest BCUT2D eigenvalue weighted by atomic mass is 9.93. The third kappa shape index (κ3) is 3.30. The number of aromatic nitrogens is 2.